The zero-order chi connectivity index (χ0) is 14.7. The minimum absolute atomic E-state index is 0.256. The van der Waals surface area contributed by atoms with Gasteiger partial charge in [-0.25, -0.2) is 9.37 Å². The Balaban J connectivity index is 1.93. The smallest absolute Gasteiger partial charge is 0.227 e. The zero-order valence-corrected chi connectivity index (χ0v) is 11.9. The van der Waals surface area contributed by atoms with E-state index >= 15 is 0 Å². The molecule has 1 aromatic carbocycles. The third kappa shape index (κ3) is 3.29. The van der Waals surface area contributed by atoms with E-state index in [1.165, 1.54) is 25.0 Å². The number of hydrogen-bond acceptors (Lipinski definition) is 4. The Hall–Kier alpha value is -2.17. The Bertz CT molecular complexity index is 604. The minimum Gasteiger partial charge on any atom is -0.384 e. The van der Waals surface area contributed by atoms with Crippen molar-refractivity contribution in [2.45, 2.75) is 25.7 Å². The van der Waals surface area contributed by atoms with E-state index in [0.717, 1.165) is 37.2 Å². The first-order valence-electron chi connectivity index (χ1n) is 7.38. The van der Waals surface area contributed by atoms with Crippen LogP contribution in [-0.2, 0) is 0 Å². The van der Waals surface area contributed by atoms with Gasteiger partial charge in [0, 0.05) is 24.7 Å². The van der Waals surface area contributed by atoms with Crippen molar-refractivity contribution in [3.8, 4) is 11.3 Å². The number of nitrogen functional groups attached to an aromatic ring is 1. The van der Waals surface area contributed by atoms with Crippen LogP contribution in [0.15, 0.2) is 30.3 Å². The third-order valence-corrected chi connectivity index (χ3v) is 3.76. The van der Waals surface area contributed by atoms with E-state index in [4.69, 9.17) is 5.73 Å². The molecule has 0 radical (unpaired) electrons. The summed E-state index contributed by atoms with van der Waals surface area (Å²) in [7, 11) is 0. The van der Waals surface area contributed by atoms with Gasteiger partial charge in [0.25, 0.3) is 0 Å². The summed E-state index contributed by atoms with van der Waals surface area (Å²) in [5.41, 5.74) is 7.51. The van der Waals surface area contributed by atoms with Crippen LogP contribution in [0.5, 0.6) is 0 Å². The fraction of sp³-hybridized carbons (Fsp3) is 0.375. The van der Waals surface area contributed by atoms with E-state index in [-0.39, 0.29) is 5.82 Å². The van der Waals surface area contributed by atoms with Crippen molar-refractivity contribution in [2.75, 3.05) is 23.7 Å². The largest absolute Gasteiger partial charge is 0.384 e. The second kappa shape index (κ2) is 6.08. The van der Waals surface area contributed by atoms with E-state index in [2.05, 4.69) is 14.9 Å². The lowest BCUT2D eigenvalue weighted by molar-refractivity contribution is 0.628. The number of hydrogen-bond donors (Lipinski definition) is 1. The topological polar surface area (TPSA) is 55.0 Å². The Morgan fingerprint density at radius 3 is 2.29 bits per heavy atom. The third-order valence-electron chi connectivity index (χ3n) is 3.76. The van der Waals surface area contributed by atoms with Crippen molar-refractivity contribution in [2.24, 2.45) is 0 Å². The predicted octanol–water partition coefficient (Wildman–Crippen LogP) is 3.25. The van der Waals surface area contributed by atoms with Gasteiger partial charge in [-0.2, -0.15) is 4.98 Å². The number of halogens is 1. The van der Waals surface area contributed by atoms with Crippen LogP contribution in [0.3, 0.4) is 0 Å². The Kier molecular flexibility index (Phi) is 3.99. The molecule has 1 aliphatic rings. The van der Waals surface area contributed by atoms with Crippen LogP contribution in [0.4, 0.5) is 16.2 Å². The second-order valence-electron chi connectivity index (χ2n) is 5.39. The molecule has 0 saturated carbocycles. The van der Waals surface area contributed by atoms with Crippen LogP contribution >= 0.6 is 0 Å². The van der Waals surface area contributed by atoms with E-state index in [1.54, 1.807) is 18.2 Å². The molecule has 0 spiro atoms. The highest BCUT2D eigenvalue weighted by Gasteiger charge is 2.14. The molecule has 1 fully saturated rings. The molecule has 21 heavy (non-hydrogen) atoms. The van der Waals surface area contributed by atoms with Gasteiger partial charge in [0.1, 0.15) is 11.6 Å². The molecule has 5 heteroatoms. The number of aromatic nitrogens is 2. The maximum Gasteiger partial charge on any atom is 0.227 e. The van der Waals surface area contributed by atoms with Crippen LogP contribution in [0.1, 0.15) is 25.7 Å². The maximum atomic E-state index is 13.0. The minimum atomic E-state index is -0.256. The maximum absolute atomic E-state index is 13.0. The number of anilines is 2. The number of nitrogens with zero attached hydrogens (tertiary/aromatic N) is 3. The highest BCUT2D eigenvalue weighted by Crippen LogP contribution is 2.23. The molecule has 0 bridgehead atoms. The van der Waals surface area contributed by atoms with Gasteiger partial charge in [-0.05, 0) is 37.1 Å². The lowest BCUT2D eigenvalue weighted by Crippen LogP contribution is -2.26. The van der Waals surface area contributed by atoms with Gasteiger partial charge in [0.15, 0.2) is 0 Å². The van der Waals surface area contributed by atoms with E-state index in [0.29, 0.717) is 11.8 Å². The fourth-order valence-corrected chi connectivity index (χ4v) is 2.63. The van der Waals surface area contributed by atoms with Crippen LogP contribution < -0.4 is 10.6 Å². The van der Waals surface area contributed by atoms with Crippen molar-refractivity contribution in [3.05, 3.63) is 36.1 Å². The van der Waals surface area contributed by atoms with Gasteiger partial charge in [-0.3, -0.25) is 0 Å². The number of benzene rings is 1. The highest BCUT2D eigenvalue weighted by atomic mass is 19.1. The average molecular weight is 286 g/mol. The van der Waals surface area contributed by atoms with Crippen LogP contribution in [0.2, 0.25) is 0 Å². The lowest BCUT2D eigenvalue weighted by atomic mass is 10.1. The Morgan fingerprint density at radius 2 is 1.62 bits per heavy atom. The summed E-state index contributed by atoms with van der Waals surface area (Å²) in [6.45, 7) is 1.93. The van der Waals surface area contributed by atoms with Crippen LogP contribution in [-0.4, -0.2) is 23.1 Å². The van der Waals surface area contributed by atoms with E-state index < -0.39 is 0 Å². The Morgan fingerprint density at radius 1 is 0.952 bits per heavy atom. The van der Waals surface area contributed by atoms with Crippen LogP contribution in [0, 0.1) is 5.82 Å². The van der Waals surface area contributed by atoms with Gasteiger partial charge in [0.05, 0.1) is 5.69 Å². The zero-order valence-electron chi connectivity index (χ0n) is 11.9. The summed E-state index contributed by atoms with van der Waals surface area (Å²) >= 11 is 0. The summed E-state index contributed by atoms with van der Waals surface area (Å²) in [6.07, 6.45) is 4.82. The van der Waals surface area contributed by atoms with Gasteiger partial charge in [-0.15, -0.1) is 0 Å². The molecule has 110 valence electrons. The molecule has 1 aromatic heterocycles. The molecule has 2 heterocycles. The number of rotatable bonds is 2. The molecular weight excluding hydrogens is 267 g/mol. The van der Waals surface area contributed by atoms with Crippen molar-refractivity contribution < 1.29 is 4.39 Å². The first kappa shape index (κ1) is 13.8. The van der Waals surface area contributed by atoms with Gasteiger partial charge >= 0.3 is 0 Å². The van der Waals surface area contributed by atoms with Crippen molar-refractivity contribution in [1.29, 1.82) is 0 Å². The van der Waals surface area contributed by atoms with Crippen molar-refractivity contribution in [1.82, 2.24) is 9.97 Å². The molecule has 2 aromatic rings. The van der Waals surface area contributed by atoms with Crippen molar-refractivity contribution >= 4 is 11.8 Å². The van der Waals surface area contributed by atoms with E-state index in [9.17, 15) is 4.39 Å². The molecule has 4 nitrogen and oxygen atoms in total. The predicted molar refractivity (Wildman–Crippen MR) is 82.5 cm³/mol. The molecule has 3 rings (SSSR count). The second-order valence-corrected chi connectivity index (χ2v) is 5.39. The molecule has 0 aliphatic carbocycles. The van der Waals surface area contributed by atoms with Crippen molar-refractivity contribution in [3.63, 3.8) is 0 Å². The molecule has 1 saturated heterocycles. The summed E-state index contributed by atoms with van der Waals surface area (Å²) in [5, 5.41) is 0. The molecular formula is C16H19FN4. The van der Waals surface area contributed by atoms with Crippen LogP contribution in [0.25, 0.3) is 11.3 Å². The molecule has 2 N–H and O–H groups in total. The quantitative estimate of drug-likeness (QED) is 0.920. The first-order chi connectivity index (χ1) is 10.2. The molecule has 0 atom stereocenters. The Labute approximate surface area is 123 Å². The average Bonchev–Trinajstić information content (AvgIpc) is 2.76. The summed E-state index contributed by atoms with van der Waals surface area (Å²) in [4.78, 5) is 11.2. The summed E-state index contributed by atoms with van der Waals surface area (Å²) in [5.74, 6) is 0.869. The number of nitrogens with two attached hydrogens (primary N) is 1. The fourth-order valence-electron chi connectivity index (χ4n) is 2.63. The van der Waals surface area contributed by atoms with Gasteiger partial charge in [0.2, 0.25) is 5.95 Å². The SMILES string of the molecule is Nc1cc(-c2ccc(F)cc2)nc(N2CCCCCC2)n1. The molecule has 1 aliphatic heterocycles. The summed E-state index contributed by atoms with van der Waals surface area (Å²) in [6, 6.07) is 8.01. The van der Waals surface area contributed by atoms with Gasteiger partial charge in [-0.1, -0.05) is 12.8 Å². The standard InChI is InChI=1S/C16H19FN4/c17-13-7-5-12(6-8-13)14-11-15(18)20-16(19-14)21-9-3-1-2-4-10-21/h5-8,11H,1-4,9-10H2,(H2,18,19,20). The molecule has 0 amide bonds. The normalized spacial score (nSPS) is 15.8. The highest BCUT2D eigenvalue weighted by molar-refractivity contribution is 5.63. The monoisotopic (exact) mass is 286 g/mol. The summed E-state index contributed by atoms with van der Waals surface area (Å²) < 4.78 is 13.0. The molecule has 0 unspecified atom stereocenters. The lowest BCUT2D eigenvalue weighted by Gasteiger charge is -2.21. The van der Waals surface area contributed by atoms with Gasteiger partial charge < -0.3 is 10.6 Å². The first-order valence-corrected chi connectivity index (χ1v) is 7.38. The van der Waals surface area contributed by atoms with E-state index in [1.807, 2.05) is 0 Å².